The molecule has 0 aromatic heterocycles. The number of hydrogen-bond donors (Lipinski definition) is 0. The highest BCUT2D eigenvalue weighted by molar-refractivity contribution is 7.95. The van der Waals surface area contributed by atoms with Crippen molar-refractivity contribution in [2.75, 3.05) is 7.11 Å². The Balaban J connectivity index is 1.97. The number of methoxy groups -OCH3 is 1. The molecule has 0 radical (unpaired) electrons. The average molecular weight is 477 g/mol. The molecule has 10 heteroatoms. The van der Waals surface area contributed by atoms with E-state index in [1.165, 1.54) is 49.6 Å². The van der Waals surface area contributed by atoms with Crippen LogP contribution in [0.15, 0.2) is 64.4 Å². The Hall–Kier alpha value is -3.84. The summed E-state index contributed by atoms with van der Waals surface area (Å²) in [5, 5.41) is 9.42. The Kier molecular flexibility index (Phi) is 7.04. The summed E-state index contributed by atoms with van der Waals surface area (Å²) in [5.41, 5.74) is 0.404. The van der Waals surface area contributed by atoms with E-state index in [0.29, 0.717) is 0 Å². The maximum Gasteiger partial charge on any atom is 0.216 e. The Morgan fingerprint density at radius 2 is 1.64 bits per heavy atom. The van der Waals surface area contributed by atoms with Crippen LogP contribution in [0.3, 0.4) is 0 Å². The van der Waals surface area contributed by atoms with Crippen LogP contribution in [0.25, 0.3) is 6.08 Å². The molecule has 0 heterocycles. The van der Waals surface area contributed by atoms with Gasteiger partial charge in [0.1, 0.15) is 23.3 Å². The minimum absolute atomic E-state index is 0.0557. The van der Waals surface area contributed by atoms with Gasteiger partial charge in [-0.15, -0.1) is 0 Å². The zero-order valence-electron chi connectivity index (χ0n) is 17.0. The Bertz CT molecular complexity index is 1340. The van der Waals surface area contributed by atoms with Crippen LogP contribution in [0.2, 0.25) is 0 Å². The Labute approximate surface area is 187 Å². The van der Waals surface area contributed by atoms with Crippen LogP contribution in [-0.4, -0.2) is 15.5 Å². The van der Waals surface area contributed by atoms with Crippen molar-refractivity contribution >= 4 is 15.9 Å². The lowest BCUT2D eigenvalue weighted by Crippen LogP contribution is -2.05. The van der Waals surface area contributed by atoms with Gasteiger partial charge in [-0.2, -0.15) is 14.0 Å². The van der Waals surface area contributed by atoms with Crippen molar-refractivity contribution in [2.45, 2.75) is 11.5 Å². The van der Waals surface area contributed by atoms with Gasteiger partial charge in [0, 0.05) is 11.6 Å². The summed E-state index contributed by atoms with van der Waals surface area (Å²) in [6.45, 7) is -0.574. The second-order valence-electron chi connectivity index (χ2n) is 6.59. The Morgan fingerprint density at radius 3 is 2.21 bits per heavy atom. The highest BCUT2D eigenvalue weighted by Crippen LogP contribution is 2.30. The van der Waals surface area contributed by atoms with E-state index in [2.05, 4.69) is 0 Å². The van der Waals surface area contributed by atoms with Crippen molar-refractivity contribution in [3.8, 4) is 17.6 Å². The molecule has 0 unspecified atom stereocenters. The molecule has 0 saturated carbocycles. The molecule has 33 heavy (non-hydrogen) atoms. The molecule has 3 rings (SSSR count). The number of nitrogens with zero attached hydrogens (tertiary/aromatic N) is 1. The van der Waals surface area contributed by atoms with Crippen LogP contribution in [0.5, 0.6) is 11.5 Å². The van der Waals surface area contributed by atoms with Crippen LogP contribution in [0, 0.1) is 34.6 Å². The van der Waals surface area contributed by atoms with Gasteiger partial charge < -0.3 is 9.47 Å². The molecule has 0 atom stereocenters. The lowest BCUT2D eigenvalue weighted by Gasteiger charge is -2.13. The third-order valence-electron chi connectivity index (χ3n) is 4.50. The lowest BCUT2D eigenvalue weighted by atomic mass is 10.1. The zero-order chi connectivity index (χ0) is 24.2. The van der Waals surface area contributed by atoms with Gasteiger partial charge in [-0.05, 0) is 35.9 Å². The summed E-state index contributed by atoms with van der Waals surface area (Å²) in [5.74, 6) is -7.72. The molecule has 170 valence electrons. The number of halogens is 4. The van der Waals surface area contributed by atoms with Crippen LogP contribution in [0.4, 0.5) is 17.6 Å². The van der Waals surface area contributed by atoms with E-state index in [-0.39, 0.29) is 27.8 Å². The van der Waals surface area contributed by atoms with Crippen molar-refractivity contribution in [2.24, 2.45) is 0 Å². The van der Waals surface area contributed by atoms with E-state index in [4.69, 9.17) is 9.47 Å². The third-order valence-corrected chi connectivity index (χ3v) is 6.18. The molecule has 0 saturated heterocycles. The van der Waals surface area contributed by atoms with Crippen molar-refractivity contribution in [1.82, 2.24) is 0 Å². The highest BCUT2D eigenvalue weighted by Gasteiger charge is 2.22. The molecular formula is C23H15F4NO4S. The summed E-state index contributed by atoms with van der Waals surface area (Å²) in [4.78, 5) is -0.621. The van der Waals surface area contributed by atoms with Gasteiger partial charge in [0.25, 0.3) is 0 Å². The maximum atomic E-state index is 13.9. The largest absolute Gasteiger partial charge is 0.496 e. The number of rotatable bonds is 7. The van der Waals surface area contributed by atoms with Crippen molar-refractivity contribution < 1.29 is 35.5 Å². The molecule has 0 aliphatic heterocycles. The molecule has 0 fully saturated rings. The number of allylic oxidation sites excluding steroid dienone is 1. The first-order valence-corrected chi connectivity index (χ1v) is 10.7. The maximum absolute atomic E-state index is 13.9. The third kappa shape index (κ3) is 4.99. The first kappa shape index (κ1) is 23.8. The smallest absolute Gasteiger partial charge is 0.216 e. The van der Waals surface area contributed by atoms with E-state index < -0.39 is 50.4 Å². The van der Waals surface area contributed by atoms with Gasteiger partial charge in [-0.3, -0.25) is 0 Å². The fourth-order valence-electron chi connectivity index (χ4n) is 2.88. The number of ether oxygens (including phenoxy) is 2. The van der Waals surface area contributed by atoms with Crippen LogP contribution >= 0.6 is 0 Å². The second kappa shape index (κ2) is 9.75. The molecule has 3 aromatic carbocycles. The predicted octanol–water partition coefficient (Wildman–Crippen LogP) is 5.17. The van der Waals surface area contributed by atoms with E-state index in [9.17, 15) is 31.2 Å². The van der Waals surface area contributed by atoms with Gasteiger partial charge in [0.2, 0.25) is 21.5 Å². The molecule has 0 N–H and O–H groups in total. The summed E-state index contributed by atoms with van der Waals surface area (Å²) in [6, 6.07) is 13.2. The first-order valence-electron chi connectivity index (χ1n) is 9.23. The molecule has 5 nitrogen and oxygen atoms in total. The Morgan fingerprint density at radius 1 is 1.00 bits per heavy atom. The number of sulfone groups is 1. The average Bonchev–Trinajstić information content (AvgIpc) is 2.81. The topological polar surface area (TPSA) is 76.4 Å². The first-order chi connectivity index (χ1) is 15.7. The van der Waals surface area contributed by atoms with Crippen molar-refractivity contribution in [3.63, 3.8) is 0 Å². The van der Waals surface area contributed by atoms with Crippen LogP contribution in [-0.2, 0) is 16.4 Å². The summed E-state index contributed by atoms with van der Waals surface area (Å²) < 4.78 is 90.1. The van der Waals surface area contributed by atoms with E-state index in [1.807, 2.05) is 0 Å². The standard InChI is InChI=1S/C23H15F4NO4S/c1-31-20-8-7-14(10-17(12-28)33(29,30)16-5-3-2-4-6-16)9-15(20)13-32-23-21(26)18(24)11-19(25)22(23)27/h2-11H,13H2,1H3. The quantitative estimate of drug-likeness (QED) is 0.267. The monoisotopic (exact) mass is 477 g/mol. The molecule has 0 amide bonds. The van der Waals surface area contributed by atoms with E-state index in [1.54, 1.807) is 12.1 Å². The second-order valence-corrected chi connectivity index (χ2v) is 8.51. The fraction of sp³-hybridized carbons (Fsp3) is 0.0870. The van der Waals surface area contributed by atoms with Gasteiger partial charge in [0.05, 0.1) is 12.0 Å². The normalized spacial score (nSPS) is 11.7. The van der Waals surface area contributed by atoms with E-state index >= 15 is 0 Å². The van der Waals surface area contributed by atoms with Gasteiger partial charge in [-0.25, -0.2) is 17.2 Å². The zero-order valence-corrected chi connectivity index (χ0v) is 17.8. The summed E-state index contributed by atoms with van der Waals surface area (Å²) >= 11 is 0. The van der Waals surface area contributed by atoms with Gasteiger partial charge in [-0.1, -0.05) is 24.3 Å². The highest BCUT2D eigenvalue weighted by atomic mass is 32.2. The van der Waals surface area contributed by atoms with Crippen molar-refractivity contribution in [1.29, 1.82) is 5.26 Å². The molecular weight excluding hydrogens is 462 g/mol. The van der Waals surface area contributed by atoms with Gasteiger partial charge >= 0.3 is 0 Å². The number of hydrogen-bond acceptors (Lipinski definition) is 5. The van der Waals surface area contributed by atoms with Crippen molar-refractivity contribution in [3.05, 3.63) is 93.9 Å². The number of benzene rings is 3. The lowest BCUT2D eigenvalue weighted by molar-refractivity contribution is 0.256. The van der Waals surface area contributed by atoms with Gasteiger partial charge in [0.15, 0.2) is 17.4 Å². The van der Waals surface area contributed by atoms with E-state index in [0.717, 1.165) is 6.08 Å². The molecule has 0 aliphatic rings. The van der Waals surface area contributed by atoms with Crippen LogP contribution < -0.4 is 9.47 Å². The number of nitriles is 1. The predicted molar refractivity (Wildman–Crippen MR) is 111 cm³/mol. The fourth-order valence-corrected chi connectivity index (χ4v) is 4.06. The summed E-state index contributed by atoms with van der Waals surface area (Å²) in [7, 11) is -2.80. The molecule has 0 bridgehead atoms. The SMILES string of the molecule is COc1ccc(C=C(C#N)S(=O)(=O)c2ccccc2)cc1COc1c(F)c(F)cc(F)c1F. The minimum atomic E-state index is -4.10. The minimum Gasteiger partial charge on any atom is -0.496 e. The summed E-state index contributed by atoms with van der Waals surface area (Å²) in [6.07, 6.45) is 1.11. The molecule has 0 spiro atoms. The molecule has 0 aliphatic carbocycles. The molecule has 3 aromatic rings. The van der Waals surface area contributed by atoms with Crippen LogP contribution in [0.1, 0.15) is 11.1 Å².